The molecular formula is C16H7Cl2N3O2S. The molecule has 0 atom stereocenters. The number of nitrogens with zero attached hydrogens (tertiary/aromatic N) is 3. The van der Waals surface area contributed by atoms with E-state index in [2.05, 4.69) is 9.97 Å². The fraction of sp³-hybridized carbons (Fsp3) is 0. The Morgan fingerprint density at radius 1 is 1.29 bits per heavy atom. The van der Waals surface area contributed by atoms with Gasteiger partial charge in [0, 0.05) is 16.5 Å². The number of hydrogen-bond acceptors (Lipinski definition) is 6. The third-order valence-corrected chi connectivity index (χ3v) is 4.91. The maximum atomic E-state index is 12.1. The summed E-state index contributed by atoms with van der Waals surface area (Å²) in [5, 5.41) is 20.6. The van der Waals surface area contributed by atoms with Crippen molar-refractivity contribution >= 4 is 56.0 Å². The smallest absolute Gasteiger partial charge is 0.279 e. The molecule has 118 valence electrons. The first-order chi connectivity index (χ1) is 11.5. The van der Waals surface area contributed by atoms with Gasteiger partial charge in [-0.25, -0.2) is 4.98 Å². The summed E-state index contributed by atoms with van der Waals surface area (Å²) in [6.07, 6.45) is 1.28. The molecule has 0 aliphatic heterocycles. The molecule has 0 unspecified atom stereocenters. The van der Waals surface area contributed by atoms with Gasteiger partial charge in [0.25, 0.3) is 5.56 Å². The monoisotopic (exact) mass is 375 g/mol. The van der Waals surface area contributed by atoms with Crippen molar-refractivity contribution in [3.8, 4) is 6.07 Å². The summed E-state index contributed by atoms with van der Waals surface area (Å²) in [6.45, 7) is 0. The molecule has 1 aromatic carbocycles. The lowest BCUT2D eigenvalue weighted by molar-refractivity contribution is 0.513. The van der Waals surface area contributed by atoms with E-state index in [4.69, 9.17) is 23.2 Å². The van der Waals surface area contributed by atoms with Crippen LogP contribution in [0.1, 0.15) is 10.6 Å². The minimum Gasteiger partial charge on any atom is -0.506 e. The first kappa shape index (κ1) is 16.4. The van der Waals surface area contributed by atoms with E-state index in [1.54, 1.807) is 24.3 Å². The minimum atomic E-state index is -0.466. The van der Waals surface area contributed by atoms with Gasteiger partial charge in [0.15, 0.2) is 0 Å². The highest BCUT2D eigenvalue weighted by Gasteiger charge is 2.16. The number of rotatable bonds is 2. The molecule has 5 nitrogen and oxygen atoms in total. The largest absolute Gasteiger partial charge is 0.506 e. The number of halogens is 2. The Morgan fingerprint density at radius 3 is 2.75 bits per heavy atom. The van der Waals surface area contributed by atoms with Gasteiger partial charge in [-0.2, -0.15) is 10.2 Å². The number of benzene rings is 1. The lowest BCUT2D eigenvalue weighted by Gasteiger charge is -2.05. The van der Waals surface area contributed by atoms with Crippen molar-refractivity contribution in [2.75, 3.05) is 0 Å². The van der Waals surface area contributed by atoms with Crippen LogP contribution in [0.15, 0.2) is 41.3 Å². The maximum Gasteiger partial charge on any atom is 0.279 e. The molecule has 2 heterocycles. The van der Waals surface area contributed by atoms with Gasteiger partial charge in [0.2, 0.25) is 0 Å². The molecule has 2 aromatic heterocycles. The van der Waals surface area contributed by atoms with E-state index in [9.17, 15) is 15.2 Å². The van der Waals surface area contributed by atoms with Crippen LogP contribution in [0.4, 0.5) is 0 Å². The van der Waals surface area contributed by atoms with Gasteiger partial charge in [0.1, 0.15) is 27.6 Å². The maximum absolute atomic E-state index is 12.1. The fourth-order valence-corrected chi connectivity index (χ4v) is 3.28. The zero-order valence-corrected chi connectivity index (χ0v) is 14.2. The fourth-order valence-electron chi connectivity index (χ4n) is 2.02. The van der Waals surface area contributed by atoms with E-state index in [1.807, 2.05) is 6.07 Å². The quantitative estimate of drug-likeness (QED) is 0.409. The van der Waals surface area contributed by atoms with E-state index < -0.39 is 5.56 Å². The molecular weight excluding hydrogens is 369 g/mol. The Morgan fingerprint density at radius 2 is 2.04 bits per heavy atom. The number of pyridine rings is 1. The Bertz CT molecular complexity index is 1090. The van der Waals surface area contributed by atoms with Crippen molar-refractivity contribution in [2.45, 2.75) is 0 Å². The van der Waals surface area contributed by atoms with Gasteiger partial charge in [-0.15, -0.1) is 11.3 Å². The van der Waals surface area contributed by atoms with Gasteiger partial charge < -0.3 is 5.11 Å². The van der Waals surface area contributed by atoms with Crippen molar-refractivity contribution in [1.82, 2.24) is 9.97 Å². The zero-order valence-electron chi connectivity index (χ0n) is 11.8. The second-order valence-electron chi connectivity index (χ2n) is 4.65. The summed E-state index contributed by atoms with van der Waals surface area (Å²) in [6, 6.07) is 10.2. The Balaban J connectivity index is 2.23. The Labute approximate surface area is 150 Å². The van der Waals surface area contributed by atoms with E-state index in [-0.39, 0.29) is 32.1 Å². The van der Waals surface area contributed by atoms with Crippen LogP contribution in [-0.4, -0.2) is 15.1 Å². The van der Waals surface area contributed by atoms with Crippen LogP contribution in [0.25, 0.3) is 21.4 Å². The normalized spacial score (nSPS) is 11.9. The second-order valence-corrected chi connectivity index (χ2v) is 6.45. The Hall–Kier alpha value is -2.46. The average molecular weight is 376 g/mol. The number of aromatic nitrogens is 2. The van der Waals surface area contributed by atoms with Gasteiger partial charge >= 0.3 is 0 Å². The number of hydrogen-bond donors (Lipinski definition) is 1. The SMILES string of the molecule is N#C/C(=C(/O)c1cnc(Cl)c(Cl)c1)c1nc(=O)c2ccccc2s1. The van der Waals surface area contributed by atoms with E-state index in [0.717, 1.165) is 11.3 Å². The highest BCUT2D eigenvalue weighted by molar-refractivity contribution is 7.19. The third kappa shape index (κ3) is 2.97. The number of aliphatic hydroxyl groups is 1. The highest BCUT2D eigenvalue weighted by atomic mass is 35.5. The van der Waals surface area contributed by atoms with Crippen LogP contribution in [0.2, 0.25) is 10.2 Å². The summed E-state index contributed by atoms with van der Waals surface area (Å²) in [5.41, 5.74) is -0.397. The van der Waals surface area contributed by atoms with Crippen LogP contribution < -0.4 is 5.56 Å². The van der Waals surface area contributed by atoms with Crippen molar-refractivity contribution in [1.29, 1.82) is 5.26 Å². The molecule has 0 amide bonds. The van der Waals surface area contributed by atoms with Crippen LogP contribution in [0, 0.1) is 11.3 Å². The van der Waals surface area contributed by atoms with Gasteiger partial charge in [-0.05, 0) is 18.2 Å². The lowest BCUT2D eigenvalue weighted by Crippen LogP contribution is -2.07. The third-order valence-electron chi connectivity index (χ3n) is 3.16. The van der Waals surface area contributed by atoms with E-state index in [1.165, 1.54) is 12.3 Å². The summed E-state index contributed by atoms with van der Waals surface area (Å²) in [7, 11) is 0. The predicted octanol–water partition coefficient (Wildman–Crippen LogP) is 4.31. The van der Waals surface area contributed by atoms with Crippen LogP contribution in [0.3, 0.4) is 0 Å². The van der Waals surface area contributed by atoms with E-state index >= 15 is 0 Å². The molecule has 3 rings (SSSR count). The second kappa shape index (κ2) is 6.57. The minimum absolute atomic E-state index is 0.0835. The number of allylic oxidation sites excluding steroid dienone is 1. The first-order valence-electron chi connectivity index (χ1n) is 6.56. The van der Waals surface area contributed by atoms with Crippen molar-refractivity contribution in [2.24, 2.45) is 0 Å². The Kier molecular flexibility index (Phi) is 4.49. The van der Waals surface area contributed by atoms with Crippen molar-refractivity contribution < 1.29 is 5.11 Å². The van der Waals surface area contributed by atoms with Gasteiger partial charge in [-0.3, -0.25) is 4.79 Å². The number of fused-ring (bicyclic) bond motifs is 1. The molecule has 3 aromatic rings. The lowest BCUT2D eigenvalue weighted by atomic mass is 10.1. The summed E-state index contributed by atoms with van der Waals surface area (Å²) >= 11 is 12.8. The molecule has 1 N–H and O–H groups in total. The average Bonchev–Trinajstić information content (AvgIpc) is 2.58. The summed E-state index contributed by atoms with van der Waals surface area (Å²) in [4.78, 5) is 19.8. The van der Waals surface area contributed by atoms with E-state index in [0.29, 0.717) is 10.1 Å². The van der Waals surface area contributed by atoms with Crippen LogP contribution in [0.5, 0.6) is 0 Å². The standard InChI is InChI=1S/C16H7Cl2N3O2S/c17-11-5-8(7-20-14(11)18)13(22)10(6-19)16-21-15(23)9-3-1-2-4-12(9)24-16/h1-5,7,22H/b13-10-. The van der Waals surface area contributed by atoms with Gasteiger partial charge in [0.05, 0.1) is 10.4 Å². The molecule has 0 aliphatic carbocycles. The molecule has 0 saturated carbocycles. The zero-order chi connectivity index (χ0) is 17.3. The highest BCUT2D eigenvalue weighted by Crippen LogP contribution is 2.29. The molecule has 0 saturated heterocycles. The molecule has 8 heteroatoms. The van der Waals surface area contributed by atoms with Crippen molar-refractivity contribution in [3.05, 3.63) is 67.6 Å². The first-order valence-corrected chi connectivity index (χ1v) is 8.13. The summed E-state index contributed by atoms with van der Waals surface area (Å²) < 4.78 is 0.667. The predicted molar refractivity (Wildman–Crippen MR) is 95.2 cm³/mol. The van der Waals surface area contributed by atoms with Crippen LogP contribution in [-0.2, 0) is 0 Å². The molecule has 0 radical (unpaired) electrons. The molecule has 0 bridgehead atoms. The van der Waals surface area contributed by atoms with Crippen molar-refractivity contribution in [3.63, 3.8) is 0 Å². The number of nitriles is 1. The summed E-state index contributed by atoms with van der Waals surface area (Å²) in [5.74, 6) is -0.373. The molecule has 0 aliphatic rings. The topological polar surface area (TPSA) is 86.9 Å². The molecule has 0 spiro atoms. The number of aliphatic hydroxyl groups excluding tert-OH is 1. The van der Waals surface area contributed by atoms with Gasteiger partial charge in [-0.1, -0.05) is 35.3 Å². The molecule has 0 fully saturated rings. The molecule has 24 heavy (non-hydrogen) atoms. The van der Waals surface area contributed by atoms with Crippen LogP contribution >= 0.6 is 34.5 Å².